The Morgan fingerprint density at radius 2 is 1.91 bits per heavy atom. The van der Waals surface area contributed by atoms with Crippen LogP contribution in [0, 0.1) is 6.92 Å². The number of nitrogens with one attached hydrogen (secondary N) is 1. The van der Waals surface area contributed by atoms with Crippen LogP contribution in [0.3, 0.4) is 0 Å². The number of nitrogens with zero attached hydrogens (tertiary/aromatic N) is 2. The second-order valence-electron chi connectivity index (χ2n) is 4.90. The minimum absolute atomic E-state index is 0.160. The number of amides is 1. The van der Waals surface area contributed by atoms with Crippen LogP contribution in [0.4, 0.5) is 13.2 Å². The summed E-state index contributed by atoms with van der Waals surface area (Å²) >= 11 is 0. The lowest BCUT2D eigenvalue weighted by Gasteiger charge is -2.10. The van der Waals surface area contributed by atoms with Crippen LogP contribution in [0.2, 0.25) is 0 Å². The molecule has 7 heteroatoms. The number of carbonyl (C=O) groups is 1. The number of carbonyl (C=O) groups excluding carboxylic acids is 1. The minimum atomic E-state index is -4.44. The molecular weight excluding hydrogens is 295 g/mol. The van der Waals surface area contributed by atoms with Crippen molar-refractivity contribution in [2.24, 2.45) is 0 Å². The Bertz CT molecular complexity index is 660. The molecule has 0 atom stereocenters. The zero-order chi connectivity index (χ0) is 16.3. The van der Waals surface area contributed by atoms with Gasteiger partial charge in [0.05, 0.1) is 23.1 Å². The molecule has 0 aliphatic heterocycles. The van der Waals surface area contributed by atoms with E-state index in [0.717, 1.165) is 11.3 Å². The maximum atomic E-state index is 12.2. The molecule has 4 nitrogen and oxygen atoms in total. The highest BCUT2D eigenvalue weighted by atomic mass is 19.4. The zero-order valence-corrected chi connectivity index (χ0v) is 12.2. The van der Waals surface area contributed by atoms with Gasteiger partial charge in [-0.1, -0.05) is 24.6 Å². The number of hydrogen-bond acceptors (Lipinski definition) is 2. The Morgan fingerprint density at radius 1 is 1.27 bits per heavy atom. The summed E-state index contributed by atoms with van der Waals surface area (Å²) in [6, 6.07) is 7.50. The van der Waals surface area contributed by atoms with Crippen LogP contribution in [0.25, 0.3) is 5.69 Å². The first kappa shape index (κ1) is 16.1. The first-order chi connectivity index (χ1) is 10.3. The summed E-state index contributed by atoms with van der Waals surface area (Å²) in [6.45, 7) is 2.41. The van der Waals surface area contributed by atoms with Crippen molar-refractivity contribution >= 4 is 5.91 Å². The summed E-state index contributed by atoms with van der Waals surface area (Å²) in [5, 5.41) is 6.00. The van der Waals surface area contributed by atoms with Gasteiger partial charge in [-0.25, -0.2) is 4.68 Å². The third-order valence-corrected chi connectivity index (χ3v) is 3.18. The molecule has 1 aromatic carbocycles. The monoisotopic (exact) mass is 311 g/mol. The average Bonchev–Trinajstić information content (AvgIpc) is 2.88. The first-order valence-corrected chi connectivity index (χ1v) is 6.80. The van der Waals surface area contributed by atoms with Gasteiger partial charge in [0, 0.05) is 0 Å². The zero-order valence-electron chi connectivity index (χ0n) is 12.2. The van der Waals surface area contributed by atoms with E-state index in [9.17, 15) is 18.0 Å². The molecular formula is C15H16F3N3O. The molecule has 2 aromatic rings. The lowest BCUT2D eigenvalue weighted by Crippen LogP contribution is -2.34. The van der Waals surface area contributed by atoms with Gasteiger partial charge in [0.1, 0.15) is 6.54 Å². The molecule has 0 bridgehead atoms. The number of rotatable bonds is 4. The Labute approximate surface area is 125 Å². The molecule has 0 saturated carbocycles. The summed E-state index contributed by atoms with van der Waals surface area (Å²) in [6.07, 6.45) is -2.66. The van der Waals surface area contributed by atoms with E-state index in [0.29, 0.717) is 12.1 Å². The summed E-state index contributed by atoms with van der Waals surface area (Å²) in [7, 11) is 0. The van der Waals surface area contributed by atoms with E-state index in [-0.39, 0.29) is 5.56 Å². The Balaban J connectivity index is 2.27. The first-order valence-electron chi connectivity index (χ1n) is 6.80. The van der Waals surface area contributed by atoms with Crippen molar-refractivity contribution in [2.75, 3.05) is 6.54 Å². The van der Waals surface area contributed by atoms with Crippen molar-refractivity contribution in [2.45, 2.75) is 26.4 Å². The Hall–Kier alpha value is -2.31. The van der Waals surface area contributed by atoms with Gasteiger partial charge < -0.3 is 5.32 Å². The number of aryl methyl sites for hydroxylation is 1. The van der Waals surface area contributed by atoms with Gasteiger partial charge in [0.2, 0.25) is 0 Å². The van der Waals surface area contributed by atoms with Crippen molar-refractivity contribution in [1.29, 1.82) is 0 Å². The van der Waals surface area contributed by atoms with E-state index in [4.69, 9.17) is 0 Å². The molecule has 0 spiro atoms. The predicted octanol–water partition coefficient (Wildman–Crippen LogP) is 3.04. The maximum Gasteiger partial charge on any atom is 0.405 e. The van der Waals surface area contributed by atoms with Crippen LogP contribution in [-0.4, -0.2) is 28.4 Å². The highest BCUT2D eigenvalue weighted by Gasteiger charge is 2.28. The number of hydrogen-bond donors (Lipinski definition) is 1. The topological polar surface area (TPSA) is 46.9 Å². The van der Waals surface area contributed by atoms with Crippen LogP contribution in [0.15, 0.2) is 30.5 Å². The van der Waals surface area contributed by atoms with E-state index in [2.05, 4.69) is 5.10 Å². The third kappa shape index (κ3) is 3.66. The maximum absolute atomic E-state index is 12.2. The lowest BCUT2D eigenvalue weighted by molar-refractivity contribution is -0.123. The van der Waals surface area contributed by atoms with E-state index < -0.39 is 18.6 Å². The Kier molecular flexibility index (Phi) is 4.54. The van der Waals surface area contributed by atoms with E-state index in [1.54, 1.807) is 4.68 Å². The highest BCUT2D eigenvalue weighted by Crippen LogP contribution is 2.17. The molecule has 1 aromatic heterocycles. The van der Waals surface area contributed by atoms with Gasteiger partial charge >= 0.3 is 6.18 Å². The average molecular weight is 311 g/mol. The summed E-state index contributed by atoms with van der Waals surface area (Å²) in [5.74, 6) is -0.771. The van der Waals surface area contributed by atoms with Gasteiger partial charge in [0.15, 0.2) is 0 Å². The number of benzene rings is 1. The summed E-state index contributed by atoms with van der Waals surface area (Å²) < 4.78 is 38.1. The molecule has 118 valence electrons. The van der Waals surface area contributed by atoms with Gasteiger partial charge in [-0.2, -0.15) is 18.3 Å². The molecule has 0 saturated heterocycles. The molecule has 2 rings (SSSR count). The number of halogens is 3. The molecule has 1 heterocycles. The van der Waals surface area contributed by atoms with E-state index in [1.807, 2.05) is 43.4 Å². The fourth-order valence-corrected chi connectivity index (χ4v) is 2.09. The molecule has 1 N–H and O–H groups in total. The minimum Gasteiger partial charge on any atom is -0.343 e. The van der Waals surface area contributed by atoms with Crippen molar-refractivity contribution < 1.29 is 18.0 Å². The van der Waals surface area contributed by atoms with Gasteiger partial charge in [-0.15, -0.1) is 0 Å². The fraction of sp³-hybridized carbons (Fsp3) is 0.333. The number of alkyl halides is 3. The van der Waals surface area contributed by atoms with Crippen molar-refractivity contribution in [3.63, 3.8) is 0 Å². The highest BCUT2D eigenvalue weighted by molar-refractivity contribution is 5.95. The van der Waals surface area contributed by atoms with Gasteiger partial charge in [-0.3, -0.25) is 4.79 Å². The molecule has 0 radical (unpaired) electrons. The summed E-state index contributed by atoms with van der Waals surface area (Å²) in [4.78, 5) is 11.9. The normalized spacial score (nSPS) is 11.5. The molecule has 22 heavy (non-hydrogen) atoms. The SMILES string of the molecule is CCc1c(C(=O)NCC(F)(F)F)cnn1-c1ccc(C)cc1. The molecule has 0 aliphatic rings. The van der Waals surface area contributed by atoms with Crippen molar-refractivity contribution in [3.05, 3.63) is 47.3 Å². The van der Waals surface area contributed by atoms with Gasteiger partial charge in [-0.05, 0) is 25.5 Å². The van der Waals surface area contributed by atoms with Crippen LogP contribution >= 0.6 is 0 Å². The van der Waals surface area contributed by atoms with Crippen molar-refractivity contribution in [3.8, 4) is 5.69 Å². The quantitative estimate of drug-likeness (QED) is 0.943. The predicted molar refractivity (Wildman–Crippen MR) is 76.1 cm³/mol. The van der Waals surface area contributed by atoms with Crippen LogP contribution in [0.5, 0.6) is 0 Å². The smallest absolute Gasteiger partial charge is 0.343 e. The van der Waals surface area contributed by atoms with Crippen molar-refractivity contribution in [1.82, 2.24) is 15.1 Å². The van der Waals surface area contributed by atoms with Crippen LogP contribution < -0.4 is 5.32 Å². The van der Waals surface area contributed by atoms with E-state index in [1.165, 1.54) is 6.20 Å². The largest absolute Gasteiger partial charge is 0.405 e. The van der Waals surface area contributed by atoms with Crippen LogP contribution in [-0.2, 0) is 6.42 Å². The molecule has 0 aliphatic carbocycles. The number of aromatic nitrogens is 2. The molecule has 0 unspecified atom stereocenters. The Morgan fingerprint density at radius 3 is 2.45 bits per heavy atom. The van der Waals surface area contributed by atoms with Crippen LogP contribution in [0.1, 0.15) is 28.5 Å². The second-order valence-corrected chi connectivity index (χ2v) is 4.90. The van der Waals surface area contributed by atoms with E-state index >= 15 is 0 Å². The fourth-order valence-electron chi connectivity index (χ4n) is 2.09. The van der Waals surface area contributed by atoms with Gasteiger partial charge in [0.25, 0.3) is 5.91 Å². The third-order valence-electron chi connectivity index (χ3n) is 3.18. The molecule has 1 amide bonds. The standard InChI is InChI=1S/C15H16F3N3O/c1-3-13-12(14(22)19-9-15(16,17)18)8-20-21(13)11-6-4-10(2)5-7-11/h4-8H,3,9H2,1-2H3,(H,19,22). The molecule has 0 fully saturated rings. The lowest BCUT2D eigenvalue weighted by atomic mass is 10.1. The second kappa shape index (κ2) is 6.21. The summed E-state index contributed by atoms with van der Waals surface area (Å²) in [5.41, 5.74) is 2.57.